The smallest absolute Gasteiger partial charge is 0.306 e. The van der Waals surface area contributed by atoms with E-state index in [0.29, 0.717) is 19.0 Å². The van der Waals surface area contributed by atoms with Crippen molar-refractivity contribution in [1.29, 1.82) is 0 Å². The van der Waals surface area contributed by atoms with Crippen LogP contribution < -0.4 is 5.73 Å². The molecule has 0 spiro atoms. The predicted octanol–water partition coefficient (Wildman–Crippen LogP) is 1.19. The van der Waals surface area contributed by atoms with Crippen LogP contribution in [-0.2, 0) is 11.3 Å². The quantitative estimate of drug-likeness (QED) is 0.644. The minimum absolute atomic E-state index is 0. The number of amides is 1. The maximum Gasteiger partial charge on any atom is 0.306 e. The Kier molecular flexibility index (Phi) is 6.76. The molecular formula is C13H22ClN5O3. The fourth-order valence-electron chi connectivity index (χ4n) is 2.73. The van der Waals surface area contributed by atoms with Crippen molar-refractivity contribution >= 4 is 24.0 Å². The lowest BCUT2D eigenvalue weighted by Gasteiger charge is -2.38. The summed E-state index contributed by atoms with van der Waals surface area (Å²) in [5.74, 6) is 0.631. The monoisotopic (exact) mass is 331 g/mol. The van der Waals surface area contributed by atoms with Gasteiger partial charge in [-0.2, -0.15) is 5.10 Å². The summed E-state index contributed by atoms with van der Waals surface area (Å²) in [6.45, 7) is 3.73. The summed E-state index contributed by atoms with van der Waals surface area (Å²) in [6.07, 6.45) is 4.75. The van der Waals surface area contributed by atoms with E-state index < -0.39 is 4.92 Å². The number of nitrogens with zero attached hydrogens (tertiary/aromatic N) is 4. The average molecular weight is 332 g/mol. The largest absolute Gasteiger partial charge is 0.338 e. The van der Waals surface area contributed by atoms with Crippen LogP contribution >= 0.6 is 12.4 Å². The topological polar surface area (TPSA) is 107 Å². The zero-order chi connectivity index (χ0) is 15.4. The first-order chi connectivity index (χ1) is 10.0. The van der Waals surface area contributed by atoms with Gasteiger partial charge in [0.05, 0.1) is 4.92 Å². The van der Waals surface area contributed by atoms with Gasteiger partial charge in [-0.3, -0.25) is 19.6 Å². The first kappa shape index (κ1) is 18.4. The van der Waals surface area contributed by atoms with Gasteiger partial charge in [0.2, 0.25) is 5.91 Å². The van der Waals surface area contributed by atoms with Crippen LogP contribution in [0.2, 0.25) is 0 Å². The molecule has 8 nitrogen and oxygen atoms in total. The molecule has 1 aromatic heterocycles. The summed E-state index contributed by atoms with van der Waals surface area (Å²) in [4.78, 5) is 24.2. The number of piperidine rings is 1. The van der Waals surface area contributed by atoms with E-state index in [0.717, 1.165) is 19.4 Å². The lowest BCUT2D eigenvalue weighted by atomic mass is 9.92. The number of aryl methyl sites for hydroxylation is 1. The zero-order valence-electron chi connectivity index (χ0n) is 12.6. The molecule has 0 saturated carbocycles. The van der Waals surface area contributed by atoms with Crippen molar-refractivity contribution in [2.45, 2.75) is 38.8 Å². The van der Waals surface area contributed by atoms with Gasteiger partial charge < -0.3 is 10.6 Å². The third-order valence-electron chi connectivity index (χ3n) is 3.96. The minimum atomic E-state index is -0.498. The lowest BCUT2D eigenvalue weighted by Crippen LogP contribution is -2.49. The van der Waals surface area contributed by atoms with Crippen molar-refractivity contribution in [2.24, 2.45) is 11.7 Å². The van der Waals surface area contributed by atoms with E-state index in [4.69, 9.17) is 5.73 Å². The molecule has 22 heavy (non-hydrogen) atoms. The Morgan fingerprint density at radius 3 is 2.91 bits per heavy atom. The van der Waals surface area contributed by atoms with Crippen LogP contribution in [0.15, 0.2) is 12.4 Å². The predicted molar refractivity (Wildman–Crippen MR) is 83.7 cm³/mol. The molecule has 1 aromatic rings. The fraction of sp³-hybridized carbons (Fsp3) is 0.692. The van der Waals surface area contributed by atoms with Crippen molar-refractivity contribution in [2.75, 3.05) is 13.1 Å². The molecule has 9 heteroatoms. The van der Waals surface area contributed by atoms with Gasteiger partial charge in [0, 0.05) is 32.1 Å². The van der Waals surface area contributed by atoms with Crippen LogP contribution in [-0.4, -0.2) is 44.6 Å². The number of aromatic nitrogens is 2. The van der Waals surface area contributed by atoms with Crippen molar-refractivity contribution in [3.63, 3.8) is 0 Å². The number of nitrogens with two attached hydrogens (primary N) is 1. The van der Waals surface area contributed by atoms with Gasteiger partial charge in [-0.1, -0.05) is 6.92 Å². The number of likely N-dealkylation sites (tertiary alicyclic amines) is 1. The molecule has 1 amide bonds. The highest BCUT2D eigenvalue weighted by molar-refractivity contribution is 5.85. The van der Waals surface area contributed by atoms with E-state index in [1.807, 2.05) is 4.90 Å². The third kappa shape index (κ3) is 4.41. The number of nitro groups is 1. The Hall–Kier alpha value is -1.67. The first-order valence-corrected chi connectivity index (χ1v) is 7.17. The van der Waals surface area contributed by atoms with Gasteiger partial charge in [-0.15, -0.1) is 12.4 Å². The zero-order valence-corrected chi connectivity index (χ0v) is 13.4. The molecule has 2 N–H and O–H groups in total. The summed E-state index contributed by atoms with van der Waals surface area (Å²) in [5, 5.41) is 14.5. The van der Waals surface area contributed by atoms with E-state index in [-0.39, 0.29) is 36.5 Å². The molecular weight excluding hydrogens is 310 g/mol. The SMILES string of the molecule is CC1CCN(C(=O)CCn2cc([N+](=O)[O-])cn2)C(CN)C1.Cl. The lowest BCUT2D eigenvalue weighted by molar-refractivity contribution is -0.385. The summed E-state index contributed by atoms with van der Waals surface area (Å²) < 4.78 is 1.43. The van der Waals surface area contributed by atoms with E-state index in [1.165, 1.54) is 17.1 Å². The van der Waals surface area contributed by atoms with Crippen molar-refractivity contribution < 1.29 is 9.72 Å². The number of carbonyl (C=O) groups is 1. The second-order valence-electron chi connectivity index (χ2n) is 5.57. The minimum Gasteiger partial charge on any atom is -0.338 e. The van der Waals surface area contributed by atoms with Crippen LogP contribution in [0.25, 0.3) is 0 Å². The molecule has 2 unspecified atom stereocenters. The Bertz CT molecular complexity index is 522. The Morgan fingerprint density at radius 2 is 2.32 bits per heavy atom. The highest BCUT2D eigenvalue weighted by atomic mass is 35.5. The summed E-state index contributed by atoms with van der Waals surface area (Å²) in [7, 11) is 0. The molecule has 2 rings (SSSR count). The molecule has 0 radical (unpaired) electrons. The standard InChI is InChI=1S/C13H21N5O3.ClH/c1-10-2-5-17(11(6-10)7-14)13(19)3-4-16-9-12(8-15-16)18(20)21;/h8-11H,2-7,14H2,1H3;1H. The molecule has 0 bridgehead atoms. The summed E-state index contributed by atoms with van der Waals surface area (Å²) in [6, 6.07) is 0.105. The van der Waals surface area contributed by atoms with Gasteiger partial charge in [0.1, 0.15) is 12.4 Å². The molecule has 0 aromatic carbocycles. The van der Waals surface area contributed by atoms with Crippen molar-refractivity contribution in [3.8, 4) is 0 Å². The summed E-state index contributed by atoms with van der Waals surface area (Å²) in [5.41, 5.74) is 5.69. The maximum absolute atomic E-state index is 12.3. The second-order valence-corrected chi connectivity index (χ2v) is 5.57. The Labute approximate surface area is 135 Å². The number of halogens is 1. The molecule has 2 heterocycles. The van der Waals surface area contributed by atoms with Crippen LogP contribution in [0.3, 0.4) is 0 Å². The van der Waals surface area contributed by atoms with Gasteiger partial charge in [0.25, 0.3) is 0 Å². The first-order valence-electron chi connectivity index (χ1n) is 7.17. The van der Waals surface area contributed by atoms with Gasteiger partial charge in [-0.25, -0.2) is 0 Å². The van der Waals surface area contributed by atoms with E-state index in [2.05, 4.69) is 12.0 Å². The normalized spacial score (nSPS) is 21.3. The maximum atomic E-state index is 12.3. The number of rotatable bonds is 5. The molecule has 0 aliphatic carbocycles. The number of hydrogen-bond donors (Lipinski definition) is 1. The average Bonchev–Trinajstić information content (AvgIpc) is 2.93. The second kappa shape index (κ2) is 8.09. The number of carbonyl (C=O) groups excluding carboxylic acids is 1. The molecule has 1 aliphatic rings. The molecule has 1 aliphatic heterocycles. The Morgan fingerprint density at radius 1 is 1.59 bits per heavy atom. The highest BCUT2D eigenvalue weighted by Gasteiger charge is 2.28. The Balaban J connectivity index is 0.00000242. The molecule has 1 fully saturated rings. The van der Waals surface area contributed by atoms with E-state index in [9.17, 15) is 14.9 Å². The molecule has 124 valence electrons. The number of hydrogen-bond acceptors (Lipinski definition) is 5. The highest BCUT2D eigenvalue weighted by Crippen LogP contribution is 2.22. The van der Waals surface area contributed by atoms with Gasteiger partial charge >= 0.3 is 5.69 Å². The van der Waals surface area contributed by atoms with Gasteiger partial charge in [0.15, 0.2) is 0 Å². The van der Waals surface area contributed by atoms with Crippen molar-refractivity contribution in [1.82, 2.24) is 14.7 Å². The summed E-state index contributed by atoms with van der Waals surface area (Å²) >= 11 is 0. The van der Waals surface area contributed by atoms with E-state index >= 15 is 0 Å². The van der Waals surface area contributed by atoms with Crippen LogP contribution in [0.5, 0.6) is 0 Å². The third-order valence-corrected chi connectivity index (χ3v) is 3.96. The molecule has 2 atom stereocenters. The van der Waals surface area contributed by atoms with Crippen LogP contribution in [0.1, 0.15) is 26.2 Å². The molecule has 1 saturated heterocycles. The van der Waals surface area contributed by atoms with E-state index in [1.54, 1.807) is 0 Å². The van der Waals surface area contributed by atoms with Crippen molar-refractivity contribution in [3.05, 3.63) is 22.5 Å². The fourth-order valence-corrected chi connectivity index (χ4v) is 2.73. The van der Waals surface area contributed by atoms with Crippen LogP contribution in [0.4, 0.5) is 5.69 Å². The van der Waals surface area contributed by atoms with Gasteiger partial charge in [-0.05, 0) is 18.8 Å². The van der Waals surface area contributed by atoms with Crippen LogP contribution in [0, 0.1) is 16.0 Å².